The van der Waals surface area contributed by atoms with Crippen LogP contribution < -0.4 is 5.73 Å². The highest BCUT2D eigenvalue weighted by atomic mass is 35.5. The Kier molecular flexibility index (Phi) is 3.76. The summed E-state index contributed by atoms with van der Waals surface area (Å²) in [5.74, 6) is 1.28. The number of para-hydroxylation sites is 1. The first-order chi connectivity index (χ1) is 8.16. The first-order valence-electron chi connectivity index (χ1n) is 4.98. The Morgan fingerprint density at radius 2 is 2.00 bits per heavy atom. The minimum Gasteiger partial charge on any atom is -0.507 e. The average molecular weight is 267 g/mol. The fraction of sp³-hybridized carbons (Fsp3) is 0.0833. The average Bonchev–Trinajstić information content (AvgIpc) is 2.32. The van der Waals surface area contributed by atoms with E-state index in [-0.39, 0.29) is 5.75 Å². The van der Waals surface area contributed by atoms with E-state index in [9.17, 15) is 5.11 Å². The molecule has 0 aliphatic carbocycles. The van der Waals surface area contributed by atoms with E-state index in [1.807, 2.05) is 12.1 Å². The summed E-state index contributed by atoms with van der Waals surface area (Å²) in [5, 5.41) is 10.2. The van der Waals surface area contributed by atoms with Crippen LogP contribution in [0.5, 0.6) is 5.75 Å². The van der Waals surface area contributed by atoms with E-state index >= 15 is 0 Å². The number of anilines is 1. The normalized spacial score (nSPS) is 10.4. The summed E-state index contributed by atoms with van der Waals surface area (Å²) in [6, 6.07) is 10.5. The Labute approximate surface area is 109 Å². The van der Waals surface area contributed by atoms with Crippen molar-refractivity contribution >= 4 is 29.2 Å². The fourth-order valence-electron chi connectivity index (χ4n) is 1.33. The Bertz CT molecular complexity index is 534. The lowest BCUT2D eigenvalue weighted by atomic mass is 10.3. The molecule has 0 saturated carbocycles. The van der Waals surface area contributed by atoms with Gasteiger partial charge in [0.1, 0.15) is 11.6 Å². The summed E-state index contributed by atoms with van der Waals surface area (Å²) in [5.41, 5.74) is 6.32. The molecule has 88 valence electrons. The van der Waals surface area contributed by atoms with Crippen LogP contribution in [-0.2, 0) is 5.75 Å². The van der Waals surface area contributed by atoms with Crippen molar-refractivity contribution < 1.29 is 5.11 Å². The summed E-state index contributed by atoms with van der Waals surface area (Å²) in [6.07, 6.45) is 0. The molecule has 3 N–H and O–H groups in total. The number of pyridine rings is 1. The predicted molar refractivity (Wildman–Crippen MR) is 71.3 cm³/mol. The smallest absolute Gasteiger partial charge is 0.129 e. The minimum atomic E-state index is 0.262. The van der Waals surface area contributed by atoms with E-state index in [4.69, 9.17) is 17.3 Å². The topological polar surface area (TPSA) is 59.1 Å². The van der Waals surface area contributed by atoms with Crippen LogP contribution in [-0.4, -0.2) is 10.1 Å². The predicted octanol–water partition coefficient (Wildman–Crippen LogP) is 3.32. The highest BCUT2D eigenvalue weighted by Gasteiger charge is 2.06. The lowest BCUT2D eigenvalue weighted by Crippen LogP contribution is -1.95. The number of thioether (sulfide) groups is 1. The van der Waals surface area contributed by atoms with Crippen LogP contribution in [0.3, 0.4) is 0 Å². The molecule has 0 aliphatic rings. The molecule has 2 aromatic rings. The minimum absolute atomic E-state index is 0.262. The SMILES string of the molecule is Nc1ccc(Cl)c(CSc2ccccc2O)n1. The lowest BCUT2D eigenvalue weighted by Gasteiger charge is -2.05. The van der Waals surface area contributed by atoms with E-state index in [1.54, 1.807) is 24.3 Å². The third-order valence-electron chi connectivity index (χ3n) is 2.17. The zero-order chi connectivity index (χ0) is 12.3. The van der Waals surface area contributed by atoms with Gasteiger partial charge in [-0.05, 0) is 24.3 Å². The number of benzene rings is 1. The number of hydrogen-bond donors (Lipinski definition) is 2. The molecule has 0 atom stereocenters. The third kappa shape index (κ3) is 3.05. The van der Waals surface area contributed by atoms with Gasteiger partial charge in [-0.1, -0.05) is 23.7 Å². The number of aromatic hydroxyl groups is 1. The maximum atomic E-state index is 9.61. The summed E-state index contributed by atoms with van der Waals surface area (Å²) < 4.78 is 0. The van der Waals surface area contributed by atoms with Crippen LogP contribution in [0.15, 0.2) is 41.3 Å². The number of rotatable bonds is 3. The van der Waals surface area contributed by atoms with Crippen LogP contribution in [0.4, 0.5) is 5.82 Å². The second kappa shape index (κ2) is 5.29. The van der Waals surface area contributed by atoms with Gasteiger partial charge in [0.25, 0.3) is 0 Å². The van der Waals surface area contributed by atoms with E-state index < -0.39 is 0 Å². The van der Waals surface area contributed by atoms with Crippen molar-refractivity contribution in [2.75, 3.05) is 5.73 Å². The van der Waals surface area contributed by atoms with E-state index in [0.717, 1.165) is 10.6 Å². The second-order valence-electron chi connectivity index (χ2n) is 3.42. The summed E-state index contributed by atoms with van der Waals surface area (Å²) in [6.45, 7) is 0. The molecular weight excluding hydrogens is 256 g/mol. The largest absolute Gasteiger partial charge is 0.507 e. The van der Waals surface area contributed by atoms with Gasteiger partial charge in [-0.2, -0.15) is 0 Å². The third-order valence-corrected chi connectivity index (χ3v) is 3.59. The number of nitrogens with zero attached hydrogens (tertiary/aromatic N) is 1. The van der Waals surface area contributed by atoms with Crippen LogP contribution in [0.1, 0.15) is 5.69 Å². The van der Waals surface area contributed by atoms with Gasteiger partial charge in [0.05, 0.1) is 10.7 Å². The van der Waals surface area contributed by atoms with Gasteiger partial charge >= 0.3 is 0 Å². The van der Waals surface area contributed by atoms with Crippen molar-refractivity contribution in [3.8, 4) is 5.75 Å². The zero-order valence-corrected chi connectivity index (χ0v) is 10.5. The van der Waals surface area contributed by atoms with Crippen molar-refractivity contribution in [1.29, 1.82) is 0 Å². The molecule has 3 nitrogen and oxygen atoms in total. The molecule has 1 heterocycles. The fourth-order valence-corrected chi connectivity index (χ4v) is 2.48. The summed E-state index contributed by atoms with van der Waals surface area (Å²) in [7, 11) is 0. The maximum absolute atomic E-state index is 9.61. The molecule has 0 radical (unpaired) electrons. The molecule has 2 rings (SSSR count). The Hall–Kier alpha value is -1.39. The number of nitrogen functional groups attached to an aromatic ring is 1. The maximum Gasteiger partial charge on any atom is 0.129 e. The Balaban J connectivity index is 2.12. The van der Waals surface area contributed by atoms with E-state index in [0.29, 0.717) is 16.6 Å². The Morgan fingerprint density at radius 1 is 1.24 bits per heavy atom. The van der Waals surface area contributed by atoms with Crippen LogP contribution >= 0.6 is 23.4 Å². The molecule has 0 bridgehead atoms. The van der Waals surface area contributed by atoms with Crippen molar-refractivity contribution in [2.45, 2.75) is 10.6 Å². The number of hydrogen-bond acceptors (Lipinski definition) is 4. The van der Waals surface area contributed by atoms with Gasteiger partial charge in [-0.25, -0.2) is 4.98 Å². The van der Waals surface area contributed by atoms with Crippen LogP contribution in [0.2, 0.25) is 5.02 Å². The van der Waals surface area contributed by atoms with E-state index in [2.05, 4.69) is 4.98 Å². The van der Waals surface area contributed by atoms with Gasteiger partial charge in [-0.3, -0.25) is 0 Å². The first kappa shape index (κ1) is 12.1. The van der Waals surface area contributed by atoms with Gasteiger partial charge in [0, 0.05) is 10.6 Å². The molecule has 0 amide bonds. The van der Waals surface area contributed by atoms with Gasteiger partial charge < -0.3 is 10.8 Å². The molecular formula is C12H11ClN2OS. The highest BCUT2D eigenvalue weighted by Crippen LogP contribution is 2.31. The Morgan fingerprint density at radius 3 is 2.76 bits per heavy atom. The number of phenolic OH excluding ortho intramolecular Hbond substituents is 1. The van der Waals surface area contributed by atoms with Gasteiger partial charge in [0.2, 0.25) is 0 Å². The molecule has 0 aliphatic heterocycles. The van der Waals surface area contributed by atoms with Crippen molar-refractivity contribution in [3.05, 3.63) is 47.1 Å². The number of phenols is 1. The molecule has 0 spiro atoms. The van der Waals surface area contributed by atoms with Crippen molar-refractivity contribution in [3.63, 3.8) is 0 Å². The summed E-state index contributed by atoms with van der Waals surface area (Å²) >= 11 is 7.48. The molecule has 17 heavy (non-hydrogen) atoms. The number of nitrogens with two attached hydrogens (primary N) is 1. The molecule has 0 fully saturated rings. The standard InChI is InChI=1S/C12H11ClN2OS/c13-8-5-6-12(14)15-9(8)7-17-11-4-2-1-3-10(11)16/h1-6,16H,7H2,(H2,14,15). The van der Waals surface area contributed by atoms with Crippen LogP contribution in [0.25, 0.3) is 0 Å². The molecule has 0 unspecified atom stereocenters. The number of aromatic nitrogens is 1. The highest BCUT2D eigenvalue weighted by molar-refractivity contribution is 7.98. The monoisotopic (exact) mass is 266 g/mol. The quantitative estimate of drug-likeness (QED) is 0.837. The van der Waals surface area contributed by atoms with Crippen molar-refractivity contribution in [1.82, 2.24) is 4.98 Å². The van der Waals surface area contributed by atoms with Crippen molar-refractivity contribution in [2.24, 2.45) is 0 Å². The summed E-state index contributed by atoms with van der Waals surface area (Å²) in [4.78, 5) is 4.96. The van der Waals surface area contributed by atoms with Gasteiger partial charge in [0.15, 0.2) is 0 Å². The molecule has 1 aromatic carbocycles. The molecule has 1 aromatic heterocycles. The lowest BCUT2D eigenvalue weighted by molar-refractivity contribution is 0.462. The van der Waals surface area contributed by atoms with E-state index in [1.165, 1.54) is 11.8 Å². The zero-order valence-electron chi connectivity index (χ0n) is 8.93. The number of halogens is 1. The first-order valence-corrected chi connectivity index (χ1v) is 6.35. The molecule has 0 saturated heterocycles. The van der Waals surface area contributed by atoms with Gasteiger partial charge in [-0.15, -0.1) is 11.8 Å². The van der Waals surface area contributed by atoms with Crippen LogP contribution in [0, 0.1) is 0 Å². The molecule has 5 heteroatoms. The second-order valence-corrected chi connectivity index (χ2v) is 4.85.